The summed E-state index contributed by atoms with van der Waals surface area (Å²) >= 11 is 0. The summed E-state index contributed by atoms with van der Waals surface area (Å²) in [5, 5.41) is 16.0. The van der Waals surface area contributed by atoms with Crippen molar-refractivity contribution < 1.29 is 62.3 Å². The van der Waals surface area contributed by atoms with Gasteiger partial charge in [-0.05, 0) is 29.7 Å². The van der Waals surface area contributed by atoms with Crippen LogP contribution in [0.4, 0.5) is 52.7 Å². The Bertz CT molecular complexity index is 2160. The number of rotatable bonds is 9. The lowest BCUT2D eigenvalue weighted by Crippen LogP contribution is -2.43. The van der Waals surface area contributed by atoms with Gasteiger partial charge in [-0.15, -0.1) is 20.4 Å². The van der Waals surface area contributed by atoms with Crippen molar-refractivity contribution in [3.05, 3.63) is 105 Å². The van der Waals surface area contributed by atoms with E-state index >= 15 is 0 Å². The van der Waals surface area contributed by atoms with Crippen molar-refractivity contribution in [3.63, 3.8) is 0 Å². The fourth-order valence-corrected chi connectivity index (χ4v) is 6.19. The quantitative estimate of drug-likeness (QED) is 0.147. The van der Waals surface area contributed by atoms with E-state index in [-0.39, 0.29) is 49.1 Å². The zero-order chi connectivity index (χ0) is 40.0. The Morgan fingerprint density at radius 3 is 1.67 bits per heavy atom. The number of hydrogen-bond acceptors (Lipinski definition) is 7. The molecular weight excluding hydrogens is 770 g/mol. The van der Waals surface area contributed by atoms with Gasteiger partial charge in [-0.1, -0.05) is 0 Å². The molecule has 2 aromatic carbocycles. The maximum absolute atomic E-state index is 14.9. The molecule has 0 bridgehead atoms. The Kier molecular flexibility index (Phi) is 10.6. The summed E-state index contributed by atoms with van der Waals surface area (Å²) in [7, 11) is 0. The van der Waals surface area contributed by atoms with Crippen molar-refractivity contribution >= 4 is 11.8 Å². The molecule has 23 heteroatoms. The summed E-state index contributed by atoms with van der Waals surface area (Å²) in [4.78, 5) is 29.2. The first-order valence-electron chi connectivity index (χ1n) is 16.1. The van der Waals surface area contributed by atoms with Crippen molar-refractivity contribution in [2.45, 2.75) is 63.8 Å². The standard InChI is InChI=1S/C32H25F12N9O2/c33-19-11-23(37)21(35)7-15(19)5-17(9-27(54)50-1-3-52-25(13-50)46-48-29(52)31(39,40)41)45-18(6-16-8-22(36)24(38)12-20(16)34)10-28(55)51-2-4-53-26(14-51)47-49-30(53)32(42,43)44/h7-9,11-12,18,45H,1-6,10,13-14H2. The van der Waals surface area contributed by atoms with Crippen LogP contribution in [-0.4, -0.2) is 70.3 Å². The highest BCUT2D eigenvalue weighted by molar-refractivity contribution is 5.88. The number of aromatic nitrogens is 6. The number of allylic oxidation sites excluding steroid dienone is 1. The van der Waals surface area contributed by atoms with Gasteiger partial charge < -0.3 is 24.3 Å². The zero-order valence-corrected chi connectivity index (χ0v) is 27.8. The maximum Gasteiger partial charge on any atom is 0.451 e. The van der Waals surface area contributed by atoms with Crippen LogP contribution in [0.1, 0.15) is 40.8 Å². The van der Waals surface area contributed by atoms with Gasteiger partial charge in [0.1, 0.15) is 11.6 Å². The van der Waals surface area contributed by atoms with Crippen molar-refractivity contribution in [3.8, 4) is 0 Å². The SMILES string of the molecule is O=C(C=C(Cc1cc(F)c(F)cc1F)NC(CC(=O)N1CCn2c(nnc2C(F)(F)F)C1)Cc1cc(F)c(F)cc1F)N1CCn2c(nnc2C(F)(F)F)C1. The van der Waals surface area contributed by atoms with Crippen LogP contribution in [0, 0.1) is 34.9 Å². The summed E-state index contributed by atoms with van der Waals surface area (Å²) in [5.41, 5.74) is -1.34. The molecule has 6 rings (SSSR count). The Morgan fingerprint density at radius 1 is 0.655 bits per heavy atom. The van der Waals surface area contributed by atoms with Crippen molar-refractivity contribution in [2.24, 2.45) is 0 Å². The van der Waals surface area contributed by atoms with Gasteiger partial charge >= 0.3 is 12.4 Å². The minimum atomic E-state index is -4.85. The predicted molar refractivity (Wildman–Crippen MR) is 161 cm³/mol. The topological polar surface area (TPSA) is 114 Å². The fraction of sp³-hybridized carbons (Fsp3) is 0.375. The Balaban J connectivity index is 1.31. The summed E-state index contributed by atoms with van der Waals surface area (Å²) < 4.78 is 167. The van der Waals surface area contributed by atoms with Crippen LogP contribution in [0.25, 0.3) is 0 Å². The number of hydrogen-bond donors (Lipinski definition) is 1. The van der Waals surface area contributed by atoms with Gasteiger partial charge in [-0.25, -0.2) is 26.3 Å². The molecule has 0 radical (unpaired) electrons. The predicted octanol–water partition coefficient (Wildman–Crippen LogP) is 4.84. The summed E-state index contributed by atoms with van der Waals surface area (Å²) in [6.07, 6.45) is -10.9. The van der Waals surface area contributed by atoms with Crippen LogP contribution in [0.2, 0.25) is 0 Å². The Morgan fingerprint density at radius 2 is 1.13 bits per heavy atom. The van der Waals surface area contributed by atoms with Crippen LogP contribution in [0.3, 0.4) is 0 Å². The monoisotopic (exact) mass is 795 g/mol. The number of nitrogens with zero attached hydrogens (tertiary/aromatic N) is 8. The molecule has 0 saturated carbocycles. The number of fused-ring (bicyclic) bond motifs is 2. The average Bonchev–Trinajstić information content (AvgIpc) is 3.74. The highest BCUT2D eigenvalue weighted by Gasteiger charge is 2.41. The van der Waals surface area contributed by atoms with Gasteiger partial charge in [0.2, 0.25) is 23.5 Å². The molecule has 4 aromatic rings. The van der Waals surface area contributed by atoms with E-state index in [9.17, 15) is 62.3 Å². The van der Waals surface area contributed by atoms with Gasteiger partial charge in [0, 0.05) is 69.0 Å². The number of amides is 2. The number of carbonyl (C=O) groups is 2. The van der Waals surface area contributed by atoms with Gasteiger partial charge in [0.15, 0.2) is 34.9 Å². The third kappa shape index (κ3) is 8.53. The van der Waals surface area contributed by atoms with E-state index in [1.54, 1.807) is 0 Å². The van der Waals surface area contributed by atoms with E-state index in [2.05, 4.69) is 25.7 Å². The minimum absolute atomic E-state index is 0.219. The number of alkyl halides is 6. The van der Waals surface area contributed by atoms with Gasteiger partial charge in [0.25, 0.3) is 0 Å². The van der Waals surface area contributed by atoms with Crippen molar-refractivity contribution in [2.75, 3.05) is 13.1 Å². The van der Waals surface area contributed by atoms with E-state index in [1.807, 2.05) is 0 Å². The van der Waals surface area contributed by atoms with Gasteiger partial charge in [-0.2, -0.15) is 26.3 Å². The van der Waals surface area contributed by atoms with Crippen molar-refractivity contribution in [1.29, 1.82) is 0 Å². The summed E-state index contributed by atoms with van der Waals surface area (Å²) in [6.45, 7) is -2.29. The first-order chi connectivity index (χ1) is 25.8. The molecule has 55 heavy (non-hydrogen) atoms. The summed E-state index contributed by atoms with van der Waals surface area (Å²) in [6, 6.07) is 0.0328. The smallest absolute Gasteiger partial charge is 0.384 e. The van der Waals surface area contributed by atoms with Gasteiger partial charge in [-0.3, -0.25) is 9.59 Å². The lowest BCUT2D eigenvalue weighted by Gasteiger charge is -2.31. The maximum atomic E-state index is 14.9. The van der Waals surface area contributed by atoms with Gasteiger partial charge in [0.05, 0.1) is 13.1 Å². The third-order valence-electron chi connectivity index (χ3n) is 8.81. The second-order valence-corrected chi connectivity index (χ2v) is 12.6. The van der Waals surface area contributed by atoms with Crippen LogP contribution in [-0.2, 0) is 61.0 Å². The van der Waals surface area contributed by atoms with E-state index < -0.39 is 127 Å². The highest BCUT2D eigenvalue weighted by atomic mass is 19.4. The lowest BCUT2D eigenvalue weighted by molar-refractivity contribution is -0.149. The largest absolute Gasteiger partial charge is 0.451 e. The van der Waals surface area contributed by atoms with E-state index in [4.69, 9.17) is 0 Å². The molecular formula is C32H25F12N9O2. The summed E-state index contributed by atoms with van der Waals surface area (Å²) in [5.74, 6) is -13.3. The molecule has 4 heterocycles. The number of benzene rings is 2. The molecule has 2 aliphatic heterocycles. The van der Waals surface area contributed by atoms with E-state index in [1.165, 1.54) is 0 Å². The molecule has 0 spiro atoms. The highest BCUT2D eigenvalue weighted by Crippen LogP contribution is 2.31. The van der Waals surface area contributed by atoms with Crippen LogP contribution in [0.5, 0.6) is 0 Å². The first-order valence-corrected chi connectivity index (χ1v) is 16.1. The second kappa shape index (κ2) is 14.9. The lowest BCUT2D eigenvalue weighted by atomic mass is 9.99. The number of carbonyl (C=O) groups excluding carboxylic acids is 2. The number of halogens is 12. The molecule has 294 valence electrons. The Labute approximate surface area is 301 Å². The molecule has 0 saturated heterocycles. The molecule has 0 fully saturated rings. The molecule has 1 unspecified atom stereocenters. The minimum Gasteiger partial charge on any atom is -0.384 e. The molecule has 0 aliphatic carbocycles. The zero-order valence-electron chi connectivity index (χ0n) is 27.8. The number of nitrogens with one attached hydrogen (secondary N) is 1. The van der Waals surface area contributed by atoms with Crippen LogP contribution < -0.4 is 5.32 Å². The average molecular weight is 796 g/mol. The second-order valence-electron chi connectivity index (χ2n) is 12.6. The third-order valence-corrected chi connectivity index (χ3v) is 8.81. The first kappa shape index (κ1) is 39.1. The van der Waals surface area contributed by atoms with E-state index in [0.29, 0.717) is 12.1 Å². The normalized spacial score (nSPS) is 15.5. The molecule has 11 nitrogen and oxygen atoms in total. The molecule has 1 N–H and O–H groups in total. The molecule has 2 aliphatic rings. The molecule has 2 amide bonds. The molecule has 2 aromatic heterocycles. The molecule has 1 atom stereocenters. The Hall–Kier alpha value is -5.64. The van der Waals surface area contributed by atoms with Crippen LogP contribution in [0.15, 0.2) is 36.0 Å². The van der Waals surface area contributed by atoms with Crippen molar-refractivity contribution in [1.82, 2.24) is 44.6 Å². The fourth-order valence-electron chi connectivity index (χ4n) is 6.19. The van der Waals surface area contributed by atoms with Crippen LogP contribution >= 0.6 is 0 Å². The van der Waals surface area contributed by atoms with E-state index in [0.717, 1.165) is 25.0 Å².